The Morgan fingerprint density at radius 2 is 1.81 bits per heavy atom. The summed E-state index contributed by atoms with van der Waals surface area (Å²) >= 11 is 1.67. The van der Waals surface area contributed by atoms with Crippen LogP contribution in [0.4, 0.5) is 9.93 Å². The van der Waals surface area contributed by atoms with Gasteiger partial charge in [-0.25, -0.2) is 9.78 Å². The van der Waals surface area contributed by atoms with E-state index in [1.54, 1.807) is 11.3 Å². The quantitative estimate of drug-likeness (QED) is 0.833. The molecule has 0 saturated heterocycles. The van der Waals surface area contributed by atoms with E-state index in [0.717, 1.165) is 29.8 Å². The standard InChI is InChI=1S/C16H23N3OS/c20-15(18-14(10-6-7-10)11-8-9-11)19-16-17-12-4-2-1-3-5-13(12)21-16/h10-11,14H,1-9H2,(H2,17,18,19,20). The summed E-state index contributed by atoms with van der Waals surface area (Å²) in [5.74, 6) is 1.47. The van der Waals surface area contributed by atoms with Gasteiger partial charge in [-0.3, -0.25) is 5.32 Å². The Morgan fingerprint density at radius 3 is 2.52 bits per heavy atom. The molecule has 0 bridgehead atoms. The lowest BCUT2D eigenvalue weighted by Crippen LogP contribution is -2.40. The van der Waals surface area contributed by atoms with Crippen molar-refractivity contribution in [1.82, 2.24) is 10.3 Å². The first-order chi connectivity index (χ1) is 10.3. The Hall–Kier alpha value is -1.10. The molecule has 2 fully saturated rings. The van der Waals surface area contributed by atoms with E-state index in [2.05, 4.69) is 15.6 Å². The zero-order valence-corrected chi connectivity index (χ0v) is 13.2. The maximum absolute atomic E-state index is 12.2. The average Bonchev–Trinajstić information content (AvgIpc) is 3.35. The van der Waals surface area contributed by atoms with Gasteiger partial charge < -0.3 is 5.32 Å². The van der Waals surface area contributed by atoms with Gasteiger partial charge in [0.15, 0.2) is 5.13 Å². The topological polar surface area (TPSA) is 54.0 Å². The van der Waals surface area contributed by atoms with Crippen molar-refractivity contribution in [3.8, 4) is 0 Å². The number of carbonyl (C=O) groups is 1. The molecule has 0 unspecified atom stereocenters. The summed E-state index contributed by atoms with van der Waals surface area (Å²) in [6.07, 6.45) is 11.1. The Morgan fingerprint density at radius 1 is 1.10 bits per heavy atom. The fourth-order valence-corrected chi connectivity index (χ4v) is 4.44. The van der Waals surface area contributed by atoms with Gasteiger partial charge in [0.05, 0.1) is 5.69 Å². The predicted molar refractivity (Wildman–Crippen MR) is 84.8 cm³/mol. The van der Waals surface area contributed by atoms with Crippen molar-refractivity contribution in [3.05, 3.63) is 10.6 Å². The van der Waals surface area contributed by atoms with E-state index in [1.165, 1.54) is 55.5 Å². The molecule has 21 heavy (non-hydrogen) atoms. The first kappa shape index (κ1) is 13.6. The van der Waals surface area contributed by atoms with Crippen LogP contribution in [0, 0.1) is 11.8 Å². The van der Waals surface area contributed by atoms with Gasteiger partial charge in [-0.1, -0.05) is 6.42 Å². The molecular weight excluding hydrogens is 282 g/mol. The van der Waals surface area contributed by atoms with Gasteiger partial charge in [0.25, 0.3) is 0 Å². The van der Waals surface area contributed by atoms with E-state index in [0.29, 0.717) is 6.04 Å². The summed E-state index contributed by atoms with van der Waals surface area (Å²) in [5.41, 5.74) is 1.22. The lowest BCUT2D eigenvalue weighted by Gasteiger charge is -2.17. The van der Waals surface area contributed by atoms with Gasteiger partial charge in [-0.05, 0) is 63.2 Å². The molecule has 0 spiro atoms. The Bertz CT molecular complexity index is 498. The number of nitrogens with zero attached hydrogens (tertiary/aromatic N) is 1. The molecule has 0 aliphatic heterocycles. The molecular formula is C16H23N3OS. The Kier molecular flexibility index (Phi) is 3.61. The fraction of sp³-hybridized carbons (Fsp3) is 0.750. The van der Waals surface area contributed by atoms with Gasteiger partial charge in [0.2, 0.25) is 0 Å². The third-order valence-corrected chi connectivity index (χ3v) is 5.95. The summed E-state index contributed by atoms with van der Waals surface area (Å²) in [5, 5.41) is 6.95. The lowest BCUT2D eigenvalue weighted by atomic mass is 10.1. The van der Waals surface area contributed by atoms with Crippen LogP contribution in [0.2, 0.25) is 0 Å². The monoisotopic (exact) mass is 305 g/mol. The van der Waals surface area contributed by atoms with E-state index in [1.807, 2.05) is 0 Å². The largest absolute Gasteiger partial charge is 0.335 e. The van der Waals surface area contributed by atoms with Gasteiger partial charge in [-0.2, -0.15) is 0 Å². The van der Waals surface area contributed by atoms with E-state index < -0.39 is 0 Å². The summed E-state index contributed by atoms with van der Waals surface area (Å²) in [7, 11) is 0. The second-order valence-corrected chi connectivity index (χ2v) is 7.83. The van der Waals surface area contributed by atoms with Crippen LogP contribution in [0.5, 0.6) is 0 Å². The third kappa shape index (κ3) is 3.23. The maximum Gasteiger partial charge on any atom is 0.321 e. The number of rotatable bonds is 4. The average molecular weight is 305 g/mol. The molecule has 1 heterocycles. The van der Waals surface area contributed by atoms with Crippen molar-refractivity contribution < 1.29 is 4.79 Å². The van der Waals surface area contributed by atoms with Crippen molar-refractivity contribution in [2.75, 3.05) is 5.32 Å². The molecule has 2 N–H and O–H groups in total. The van der Waals surface area contributed by atoms with Crippen LogP contribution < -0.4 is 10.6 Å². The number of anilines is 1. The number of aryl methyl sites for hydroxylation is 2. The van der Waals surface area contributed by atoms with Crippen LogP contribution in [-0.2, 0) is 12.8 Å². The molecule has 5 heteroatoms. The molecule has 0 radical (unpaired) electrons. The van der Waals surface area contributed by atoms with Gasteiger partial charge in [-0.15, -0.1) is 11.3 Å². The molecule has 1 aromatic heterocycles. The summed E-state index contributed by atoms with van der Waals surface area (Å²) in [6.45, 7) is 0. The zero-order valence-electron chi connectivity index (χ0n) is 12.4. The second-order valence-electron chi connectivity index (χ2n) is 6.75. The number of amides is 2. The summed E-state index contributed by atoms with van der Waals surface area (Å²) in [6, 6.07) is 0.352. The number of aromatic nitrogens is 1. The highest BCUT2D eigenvalue weighted by Crippen LogP contribution is 2.44. The highest BCUT2D eigenvalue weighted by molar-refractivity contribution is 7.15. The molecule has 3 aliphatic rings. The van der Waals surface area contributed by atoms with Crippen LogP contribution in [0.25, 0.3) is 0 Å². The van der Waals surface area contributed by atoms with Crippen LogP contribution in [0.15, 0.2) is 0 Å². The minimum atomic E-state index is -0.0530. The Balaban J connectivity index is 1.37. The zero-order chi connectivity index (χ0) is 14.2. The third-order valence-electron chi connectivity index (χ3n) is 4.87. The highest BCUT2D eigenvalue weighted by atomic mass is 32.1. The molecule has 2 saturated carbocycles. The van der Waals surface area contributed by atoms with E-state index in [4.69, 9.17) is 0 Å². The second kappa shape index (κ2) is 5.59. The molecule has 1 aromatic rings. The SMILES string of the molecule is O=C(Nc1nc2c(s1)CCCCC2)NC(C1CC1)C1CC1. The number of carbonyl (C=O) groups excluding carboxylic acids is 1. The van der Waals surface area contributed by atoms with Crippen molar-refractivity contribution in [2.45, 2.75) is 63.8 Å². The van der Waals surface area contributed by atoms with Crippen LogP contribution in [0.1, 0.15) is 55.5 Å². The number of fused-ring (bicyclic) bond motifs is 1. The number of thiazole rings is 1. The molecule has 0 atom stereocenters. The van der Waals surface area contributed by atoms with Crippen molar-refractivity contribution in [2.24, 2.45) is 11.8 Å². The minimum Gasteiger partial charge on any atom is -0.335 e. The smallest absolute Gasteiger partial charge is 0.321 e. The number of hydrogen-bond donors (Lipinski definition) is 2. The van der Waals surface area contributed by atoms with Crippen LogP contribution in [0.3, 0.4) is 0 Å². The first-order valence-electron chi connectivity index (χ1n) is 8.36. The number of urea groups is 1. The highest BCUT2D eigenvalue weighted by Gasteiger charge is 2.42. The molecule has 2 amide bonds. The Labute approximate surface area is 129 Å². The molecule has 114 valence electrons. The van der Waals surface area contributed by atoms with E-state index in [9.17, 15) is 4.79 Å². The molecule has 4 nitrogen and oxygen atoms in total. The van der Waals surface area contributed by atoms with Gasteiger partial charge in [0.1, 0.15) is 0 Å². The van der Waals surface area contributed by atoms with Crippen molar-refractivity contribution in [1.29, 1.82) is 0 Å². The number of nitrogens with one attached hydrogen (secondary N) is 2. The maximum atomic E-state index is 12.2. The summed E-state index contributed by atoms with van der Waals surface area (Å²) < 4.78 is 0. The van der Waals surface area contributed by atoms with E-state index in [-0.39, 0.29) is 6.03 Å². The lowest BCUT2D eigenvalue weighted by molar-refractivity contribution is 0.245. The molecule has 0 aromatic carbocycles. The van der Waals surface area contributed by atoms with Gasteiger partial charge >= 0.3 is 6.03 Å². The summed E-state index contributed by atoms with van der Waals surface area (Å²) in [4.78, 5) is 18.2. The van der Waals surface area contributed by atoms with E-state index >= 15 is 0 Å². The fourth-order valence-electron chi connectivity index (χ4n) is 3.40. The van der Waals surface area contributed by atoms with Crippen molar-refractivity contribution >= 4 is 22.5 Å². The molecule has 4 rings (SSSR count). The van der Waals surface area contributed by atoms with Crippen LogP contribution in [-0.4, -0.2) is 17.1 Å². The van der Waals surface area contributed by atoms with Crippen LogP contribution >= 0.6 is 11.3 Å². The molecule has 3 aliphatic carbocycles. The predicted octanol–water partition coefficient (Wildman–Crippen LogP) is 3.72. The number of hydrogen-bond acceptors (Lipinski definition) is 3. The first-order valence-corrected chi connectivity index (χ1v) is 9.17. The normalized spacial score (nSPS) is 21.8. The minimum absolute atomic E-state index is 0.0530. The van der Waals surface area contributed by atoms with Gasteiger partial charge in [0, 0.05) is 10.9 Å². The van der Waals surface area contributed by atoms with Crippen molar-refractivity contribution in [3.63, 3.8) is 0 Å².